The summed E-state index contributed by atoms with van der Waals surface area (Å²) in [6.07, 6.45) is 3.09. The van der Waals surface area contributed by atoms with Crippen molar-refractivity contribution in [3.8, 4) is 5.75 Å². The van der Waals surface area contributed by atoms with Crippen LogP contribution in [0, 0.1) is 25.7 Å². The highest BCUT2D eigenvalue weighted by Crippen LogP contribution is 2.34. The molecule has 0 aliphatic heterocycles. The van der Waals surface area contributed by atoms with Crippen molar-refractivity contribution in [3.05, 3.63) is 23.3 Å². The van der Waals surface area contributed by atoms with Crippen LogP contribution in [0.3, 0.4) is 0 Å². The predicted octanol–water partition coefficient (Wildman–Crippen LogP) is 3.05. The number of ether oxygens (including phenoxy) is 1. The SMILES string of the molecule is COc1c(C)ccc(NC(=O)[C@@H]2CCC[C@@H]2CN)c1C.Cl. The van der Waals surface area contributed by atoms with Gasteiger partial charge in [0.25, 0.3) is 0 Å². The molecule has 118 valence electrons. The second kappa shape index (κ2) is 7.66. The van der Waals surface area contributed by atoms with Crippen LogP contribution >= 0.6 is 12.4 Å². The number of nitrogens with one attached hydrogen (secondary N) is 1. The molecule has 1 aliphatic carbocycles. The minimum absolute atomic E-state index is 0. The van der Waals surface area contributed by atoms with Gasteiger partial charge in [-0.15, -0.1) is 12.4 Å². The van der Waals surface area contributed by atoms with E-state index in [1.807, 2.05) is 26.0 Å². The van der Waals surface area contributed by atoms with Gasteiger partial charge < -0.3 is 15.8 Å². The number of hydrogen-bond donors (Lipinski definition) is 2. The number of anilines is 1. The number of methoxy groups -OCH3 is 1. The van der Waals surface area contributed by atoms with Crippen LogP contribution in [0.5, 0.6) is 5.75 Å². The third-order valence-corrected chi connectivity index (χ3v) is 4.36. The molecule has 3 N–H and O–H groups in total. The van der Waals surface area contributed by atoms with Crippen molar-refractivity contribution < 1.29 is 9.53 Å². The molecule has 0 bridgehead atoms. The largest absolute Gasteiger partial charge is 0.496 e. The molecule has 0 aromatic heterocycles. The second-order valence-corrected chi connectivity index (χ2v) is 5.61. The van der Waals surface area contributed by atoms with Crippen molar-refractivity contribution in [3.63, 3.8) is 0 Å². The van der Waals surface area contributed by atoms with E-state index in [-0.39, 0.29) is 24.2 Å². The summed E-state index contributed by atoms with van der Waals surface area (Å²) < 4.78 is 5.39. The quantitative estimate of drug-likeness (QED) is 0.898. The Morgan fingerprint density at radius 2 is 2.10 bits per heavy atom. The number of benzene rings is 1. The molecule has 4 nitrogen and oxygen atoms in total. The molecule has 0 saturated heterocycles. The van der Waals surface area contributed by atoms with Gasteiger partial charge in [-0.1, -0.05) is 12.5 Å². The number of carbonyl (C=O) groups is 1. The molecule has 0 heterocycles. The van der Waals surface area contributed by atoms with E-state index in [2.05, 4.69) is 5.32 Å². The number of carbonyl (C=O) groups excluding carboxylic acids is 1. The maximum absolute atomic E-state index is 12.4. The van der Waals surface area contributed by atoms with Gasteiger partial charge in [-0.05, 0) is 50.8 Å². The Labute approximate surface area is 132 Å². The zero-order valence-corrected chi connectivity index (χ0v) is 13.8. The van der Waals surface area contributed by atoms with Crippen LogP contribution in [0.4, 0.5) is 5.69 Å². The maximum atomic E-state index is 12.4. The van der Waals surface area contributed by atoms with Gasteiger partial charge in [-0.3, -0.25) is 4.79 Å². The number of hydrogen-bond acceptors (Lipinski definition) is 3. The molecular weight excluding hydrogens is 288 g/mol. The summed E-state index contributed by atoms with van der Waals surface area (Å²) in [5, 5.41) is 3.04. The van der Waals surface area contributed by atoms with Crippen LogP contribution in [0.25, 0.3) is 0 Å². The molecule has 1 saturated carbocycles. The van der Waals surface area contributed by atoms with Gasteiger partial charge in [0.15, 0.2) is 0 Å². The third-order valence-electron chi connectivity index (χ3n) is 4.36. The zero-order chi connectivity index (χ0) is 14.7. The summed E-state index contributed by atoms with van der Waals surface area (Å²) in [6.45, 7) is 4.56. The minimum Gasteiger partial charge on any atom is -0.496 e. The van der Waals surface area contributed by atoms with E-state index in [1.54, 1.807) is 7.11 Å². The zero-order valence-electron chi connectivity index (χ0n) is 12.9. The normalized spacial score (nSPS) is 20.8. The summed E-state index contributed by atoms with van der Waals surface area (Å²) in [4.78, 5) is 12.4. The Balaban J connectivity index is 0.00000220. The molecule has 1 aliphatic rings. The summed E-state index contributed by atoms with van der Waals surface area (Å²) >= 11 is 0. The fraction of sp³-hybridized carbons (Fsp3) is 0.562. The van der Waals surface area contributed by atoms with Crippen LogP contribution in [-0.4, -0.2) is 19.6 Å². The Morgan fingerprint density at radius 1 is 1.38 bits per heavy atom. The first-order chi connectivity index (χ1) is 9.58. The fourth-order valence-corrected chi connectivity index (χ4v) is 3.17. The number of nitrogens with two attached hydrogens (primary N) is 1. The molecule has 5 heteroatoms. The van der Waals surface area contributed by atoms with E-state index in [1.165, 1.54) is 0 Å². The van der Waals surface area contributed by atoms with Crippen molar-refractivity contribution in [2.75, 3.05) is 19.0 Å². The lowest BCUT2D eigenvalue weighted by Gasteiger charge is -2.19. The molecule has 0 spiro atoms. The summed E-state index contributed by atoms with van der Waals surface area (Å²) in [5.74, 6) is 1.30. The highest BCUT2D eigenvalue weighted by atomic mass is 35.5. The maximum Gasteiger partial charge on any atom is 0.227 e. The molecule has 2 rings (SSSR count). The van der Waals surface area contributed by atoms with Gasteiger partial charge in [0.1, 0.15) is 5.75 Å². The molecule has 1 aromatic rings. The van der Waals surface area contributed by atoms with Gasteiger partial charge >= 0.3 is 0 Å². The molecule has 1 aromatic carbocycles. The molecule has 1 fully saturated rings. The van der Waals surface area contributed by atoms with Crippen LogP contribution in [0.15, 0.2) is 12.1 Å². The van der Waals surface area contributed by atoms with Crippen LogP contribution in [0.2, 0.25) is 0 Å². The molecule has 1 amide bonds. The van der Waals surface area contributed by atoms with Crippen LogP contribution < -0.4 is 15.8 Å². The molecular formula is C16H25ClN2O2. The van der Waals surface area contributed by atoms with E-state index >= 15 is 0 Å². The second-order valence-electron chi connectivity index (χ2n) is 5.61. The van der Waals surface area contributed by atoms with Gasteiger partial charge in [-0.2, -0.15) is 0 Å². The van der Waals surface area contributed by atoms with E-state index in [9.17, 15) is 4.79 Å². The van der Waals surface area contributed by atoms with Gasteiger partial charge in [0.05, 0.1) is 7.11 Å². The lowest BCUT2D eigenvalue weighted by atomic mass is 9.95. The highest BCUT2D eigenvalue weighted by Gasteiger charge is 2.32. The fourth-order valence-electron chi connectivity index (χ4n) is 3.17. The standard InChI is InChI=1S/C16H24N2O2.ClH/c1-10-7-8-14(11(2)15(10)20-3)18-16(19)13-6-4-5-12(13)9-17;/h7-8,12-13H,4-6,9,17H2,1-3H3,(H,18,19);1H/t12-,13-;/m1./s1. The number of rotatable bonds is 4. The van der Waals surface area contributed by atoms with Crippen LogP contribution in [0.1, 0.15) is 30.4 Å². The van der Waals surface area contributed by atoms with E-state index in [4.69, 9.17) is 10.5 Å². The molecule has 0 unspecified atom stereocenters. The van der Waals surface area contributed by atoms with E-state index in [0.717, 1.165) is 41.8 Å². The average Bonchev–Trinajstić information content (AvgIpc) is 2.91. The highest BCUT2D eigenvalue weighted by molar-refractivity contribution is 5.94. The van der Waals surface area contributed by atoms with Gasteiger partial charge in [0.2, 0.25) is 5.91 Å². The molecule has 0 radical (unpaired) electrons. The summed E-state index contributed by atoms with van der Waals surface area (Å²) in [6, 6.07) is 3.91. The monoisotopic (exact) mass is 312 g/mol. The third kappa shape index (κ3) is 3.69. The Bertz CT molecular complexity index is 505. The first kappa shape index (κ1) is 17.8. The average molecular weight is 313 g/mol. The van der Waals surface area contributed by atoms with Gasteiger partial charge in [0, 0.05) is 17.2 Å². The van der Waals surface area contributed by atoms with Gasteiger partial charge in [-0.25, -0.2) is 0 Å². The number of halogens is 1. The molecule has 2 atom stereocenters. The molecule has 21 heavy (non-hydrogen) atoms. The first-order valence-electron chi connectivity index (χ1n) is 7.23. The number of amides is 1. The van der Waals surface area contributed by atoms with E-state index < -0.39 is 0 Å². The Hall–Kier alpha value is -1.26. The topological polar surface area (TPSA) is 64.3 Å². The minimum atomic E-state index is 0. The summed E-state index contributed by atoms with van der Waals surface area (Å²) in [7, 11) is 1.66. The van der Waals surface area contributed by atoms with Crippen molar-refractivity contribution in [1.29, 1.82) is 0 Å². The van der Waals surface area contributed by atoms with E-state index in [0.29, 0.717) is 12.5 Å². The predicted molar refractivity (Wildman–Crippen MR) is 88.2 cm³/mol. The first-order valence-corrected chi connectivity index (χ1v) is 7.23. The van der Waals surface area contributed by atoms with Crippen molar-refractivity contribution in [1.82, 2.24) is 0 Å². The van der Waals surface area contributed by atoms with Crippen molar-refractivity contribution >= 4 is 24.0 Å². The van der Waals surface area contributed by atoms with Crippen molar-refractivity contribution in [2.45, 2.75) is 33.1 Å². The van der Waals surface area contributed by atoms with Crippen molar-refractivity contribution in [2.24, 2.45) is 17.6 Å². The number of aryl methyl sites for hydroxylation is 1. The Morgan fingerprint density at radius 3 is 2.71 bits per heavy atom. The lowest BCUT2D eigenvalue weighted by Crippen LogP contribution is -2.30. The summed E-state index contributed by atoms with van der Waals surface area (Å²) in [5.41, 5.74) is 8.63. The van der Waals surface area contributed by atoms with Crippen LogP contribution in [-0.2, 0) is 4.79 Å². The Kier molecular flexibility index (Phi) is 6.49. The lowest BCUT2D eigenvalue weighted by molar-refractivity contribution is -0.120. The smallest absolute Gasteiger partial charge is 0.227 e.